The number of nitrogens with one attached hydrogen (secondary N) is 1. The summed E-state index contributed by atoms with van der Waals surface area (Å²) in [5.41, 5.74) is 0.853. The van der Waals surface area contributed by atoms with Crippen molar-refractivity contribution >= 4 is 23.4 Å². The molecule has 0 saturated heterocycles. The van der Waals surface area contributed by atoms with Gasteiger partial charge in [0.25, 0.3) is 0 Å². The number of hydrogen-bond acceptors (Lipinski definition) is 3. The van der Waals surface area contributed by atoms with Gasteiger partial charge in [0.1, 0.15) is 6.04 Å². The van der Waals surface area contributed by atoms with E-state index in [4.69, 9.17) is 5.11 Å². The van der Waals surface area contributed by atoms with E-state index in [0.29, 0.717) is 6.42 Å². The molecule has 1 atom stereocenters. The van der Waals surface area contributed by atoms with Crippen LogP contribution in [0.25, 0.3) is 0 Å². The largest absolute Gasteiger partial charge is 0.480 e. The van der Waals surface area contributed by atoms with Crippen LogP contribution in [0.5, 0.6) is 0 Å². The van der Waals surface area contributed by atoms with Gasteiger partial charge in [0.2, 0.25) is 0 Å². The van der Waals surface area contributed by atoms with Gasteiger partial charge >= 0.3 is 5.97 Å². The summed E-state index contributed by atoms with van der Waals surface area (Å²) in [6.45, 7) is 0. The van der Waals surface area contributed by atoms with E-state index in [0.717, 1.165) is 11.4 Å². The summed E-state index contributed by atoms with van der Waals surface area (Å²) in [5, 5.41) is 12.0. The molecule has 0 radical (unpaired) electrons. The first-order chi connectivity index (χ1) is 7.24. The summed E-state index contributed by atoms with van der Waals surface area (Å²) in [6.07, 6.45) is 2.60. The number of aliphatic carboxylic acids is 1. The summed E-state index contributed by atoms with van der Waals surface area (Å²) >= 11 is 1.65. The van der Waals surface area contributed by atoms with Crippen LogP contribution in [0.3, 0.4) is 0 Å². The average molecular weight is 225 g/mol. The van der Waals surface area contributed by atoms with Gasteiger partial charge in [0.15, 0.2) is 0 Å². The fourth-order valence-corrected chi connectivity index (χ4v) is 1.70. The smallest absolute Gasteiger partial charge is 0.326 e. The second kappa shape index (κ2) is 6.35. The van der Waals surface area contributed by atoms with Crippen molar-refractivity contribution in [1.82, 2.24) is 0 Å². The second-order valence-electron chi connectivity index (χ2n) is 3.18. The molecule has 0 aliphatic heterocycles. The molecule has 82 valence electrons. The Kier molecular flexibility index (Phi) is 5.04. The third-order valence-corrected chi connectivity index (χ3v) is 2.67. The van der Waals surface area contributed by atoms with Crippen molar-refractivity contribution in [2.24, 2.45) is 0 Å². The van der Waals surface area contributed by atoms with E-state index in [1.54, 1.807) is 11.8 Å². The Morgan fingerprint density at radius 2 is 2.13 bits per heavy atom. The van der Waals surface area contributed by atoms with Crippen molar-refractivity contribution in [1.29, 1.82) is 0 Å². The molecule has 1 aromatic rings. The number of carbonyl (C=O) groups is 1. The number of anilines is 1. The molecule has 0 aliphatic carbocycles. The van der Waals surface area contributed by atoms with Crippen molar-refractivity contribution in [3.05, 3.63) is 30.3 Å². The molecule has 0 heterocycles. The number of hydrogen-bond donors (Lipinski definition) is 2. The lowest BCUT2D eigenvalue weighted by Crippen LogP contribution is -2.29. The Bertz CT molecular complexity index is 303. The van der Waals surface area contributed by atoms with E-state index in [1.807, 2.05) is 36.6 Å². The fraction of sp³-hybridized carbons (Fsp3) is 0.364. The minimum Gasteiger partial charge on any atom is -0.480 e. The van der Waals surface area contributed by atoms with Crippen LogP contribution in [0.15, 0.2) is 30.3 Å². The van der Waals surface area contributed by atoms with Crippen molar-refractivity contribution in [3.8, 4) is 0 Å². The quantitative estimate of drug-likeness (QED) is 0.780. The van der Waals surface area contributed by atoms with Gasteiger partial charge in [-0.25, -0.2) is 4.79 Å². The van der Waals surface area contributed by atoms with Gasteiger partial charge in [-0.3, -0.25) is 0 Å². The van der Waals surface area contributed by atoms with Gasteiger partial charge < -0.3 is 10.4 Å². The lowest BCUT2D eigenvalue weighted by atomic mass is 10.2. The molecular formula is C11H15NO2S. The molecule has 15 heavy (non-hydrogen) atoms. The lowest BCUT2D eigenvalue weighted by molar-refractivity contribution is -0.137. The van der Waals surface area contributed by atoms with Crippen LogP contribution in [0.2, 0.25) is 0 Å². The molecule has 1 rings (SSSR count). The summed E-state index contributed by atoms with van der Waals surface area (Å²) in [7, 11) is 0. The maximum Gasteiger partial charge on any atom is 0.326 e. The molecule has 4 heteroatoms. The van der Waals surface area contributed by atoms with Crippen molar-refractivity contribution in [2.75, 3.05) is 17.3 Å². The minimum atomic E-state index is -0.798. The predicted molar refractivity (Wildman–Crippen MR) is 64.5 cm³/mol. The number of carboxylic acid groups (broad SMARTS) is 1. The maximum absolute atomic E-state index is 10.9. The highest BCUT2D eigenvalue weighted by Crippen LogP contribution is 2.10. The molecular weight excluding hydrogens is 210 g/mol. The van der Waals surface area contributed by atoms with Gasteiger partial charge in [-0.15, -0.1) is 0 Å². The summed E-state index contributed by atoms with van der Waals surface area (Å²) in [5.74, 6) is 0.0458. The van der Waals surface area contributed by atoms with Crippen LogP contribution in [0.4, 0.5) is 5.69 Å². The topological polar surface area (TPSA) is 49.3 Å². The van der Waals surface area contributed by atoms with Gasteiger partial charge in [-0.05, 0) is 30.6 Å². The van der Waals surface area contributed by atoms with E-state index >= 15 is 0 Å². The zero-order valence-corrected chi connectivity index (χ0v) is 9.46. The van der Waals surface area contributed by atoms with Gasteiger partial charge in [-0.1, -0.05) is 18.2 Å². The fourth-order valence-electron chi connectivity index (χ4n) is 1.23. The first kappa shape index (κ1) is 11.9. The third kappa shape index (κ3) is 4.25. The average Bonchev–Trinajstić information content (AvgIpc) is 2.25. The molecule has 0 fully saturated rings. The van der Waals surface area contributed by atoms with Gasteiger partial charge in [-0.2, -0.15) is 11.8 Å². The summed E-state index contributed by atoms with van der Waals surface area (Å²) in [4.78, 5) is 10.9. The number of thioether (sulfide) groups is 1. The highest BCUT2D eigenvalue weighted by atomic mass is 32.2. The minimum absolute atomic E-state index is 0.500. The Labute approximate surface area is 93.9 Å². The number of benzene rings is 1. The normalized spacial score (nSPS) is 12.1. The Morgan fingerprint density at radius 1 is 1.47 bits per heavy atom. The molecule has 3 nitrogen and oxygen atoms in total. The monoisotopic (exact) mass is 225 g/mol. The van der Waals surface area contributed by atoms with E-state index in [9.17, 15) is 4.79 Å². The van der Waals surface area contributed by atoms with Crippen LogP contribution >= 0.6 is 11.8 Å². The Balaban J connectivity index is 2.55. The third-order valence-electron chi connectivity index (χ3n) is 2.02. The van der Waals surface area contributed by atoms with Crippen LogP contribution in [-0.2, 0) is 4.79 Å². The molecule has 1 aromatic carbocycles. The number of rotatable bonds is 6. The Morgan fingerprint density at radius 3 is 2.67 bits per heavy atom. The molecule has 0 amide bonds. The second-order valence-corrected chi connectivity index (χ2v) is 4.17. The van der Waals surface area contributed by atoms with Crippen LogP contribution < -0.4 is 5.32 Å². The van der Waals surface area contributed by atoms with Crippen molar-refractivity contribution in [2.45, 2.75) is 12.5 Å². The van der Waals surface area contributed by atoms with Crippen molar-refractivity contribution < 1.29 is 9.90 Å². The van der Waals surface area contributed by atoms with E-state index < -0.39 is 12.0 Å². The zero-order valence-electron chi connectivity index (χ0n) is 8.64. The number of para-hydroxylation sites is 1. The molecule has 0 aliphatic rings. The van der Waals surface area contributed by atoms with Gasteiger partial charge in [0.05, 0.1) is 0 Å². The molecule has 0 bridgehead atoms. The predicted octanol–water partition coefficient (Wildman–Crippen LogP) is 2.30. The molecule has 0 spiro atoms. The van der Waals surface area contributed by atoms with E-state index in [1.165, 1.54) is 0 Å². The van der Waals surface area contributed by atoms with Crippen LogP contribution in [-0.4, -0.2) is 29.1 Å². The molecule has 0 aromatic heterocycles. The number of carboxylic acids is 1. The highest BCUT2D eigenvalue weighted by Gasteiger charge is 2.15. The lowest BCUT2D eigenvalue weighted by Gasteiger charge is -2.14. The van der Waals surface area contributed by atoms with E-state index in [2.05, 4.69) is 5.32 Å². The van der Waals surface area contributed by atoms with Crippen molar-refractivity contribution in [3.63, 3.8) is 0 Å². The summed E-state index contributed by atoms with van der Waals surface area (Å²) < 4.78 is 0. The van der Waals surface area contributed by atoms with Crippen LogP contribution in [0, 0.1) is 0 Å². The zero-order chi connectivity index (χ0) is 11.1. The molecule has 0 saturated carbocycles. The van der Waals surface area contributed by atoms with E-state index in [-0.39, 0.29) is 0 Å². The first-order valence-electron chi connectivity index (χ1n) is 4.77. The van der Waals surface area contributed by atoms with Gasteiger partial charge in [0, 0.05) is 5.69 Å². The first-order valence-corrected chi connectivity index (χ1v) is 6.16. The highest BCUT2D eigenvalue weighted by molar-refractivity contribution is 7.98. The maximum atomic E-state index is 10.9. The Hall–Kier alpha value is -1.16. The standard InChI is InChI=1S/C11H15NO2S/c1-15-8-7-10(11(13)14)12-9-5-3-2-4-6-9/h2-6,10,12H,7-8H2,1H3,(H,13,14)/t10-/m1/s1. The SMILES string of the molecule is CSCC[C@@H](Nc1ccccc1)C(=O)O. The molecule has 2 N–H and O–H groups in total. The van der Waals surface area contributed by atoms with Crippen LogP contribution in [0.1, 0.15) is 6.42 Å². The summed E-state index contributed by atoms with van der Waals surface area (Å²) in [6, 6.07) is 8.92. The molecule has 0 unspecified atom stereocenters.